The number of nitrogens with zero attached hydrogens (tertiary/aromatic N) is 2. The molecule has 2 heterocycles. The van der Waals surface area contributed by atoms with Gasteiger partial charge in [0.25, 0.3) is 0 Å². The first-order valence-corrected chi connectivity index (χ1v) is 9.80. The number of nitrogens with two attached hydrogens (primary N) is 1. The second-order valence-corrected chi connectivity index (χ2v) is 7.97. The molecule has 0 spiro atoms. The van der Waals surface area contributed by atoms with Crippen molar-refractivity contribution in [3.8, 4) is 10.6 Å². The van der Waals surface area contributed by atoms with Crippen LogP contribution in [0.25, 0.3) is 10.6 Å². The van der Waals surface area contributed by atoms with Crippen LogP contribution in [-0.4, -0.2) is 22.4 Å². The van der Waals surface area contributed by atoms with Crippen LogP contribution in [0.4, 0.5) is 18.2 Å². The number of benzene rings is 1. The van der Waals surface area contributed by atoms with Gasteiger partial charge < -0.3 is 11.1 Å². The Kier molecular flexibility index (Phi) is 5.92. The minimum atomic E-state index is -4.38. The molecule has 0 saturated carbocycles. The lowest BCUT2D eigenvalue weighted by Crippen LogP contribution is -2.31. The standard InChI is InChI=1S/C18H18BrF3N4S/c1-26-15(6-7-24-26)17-14(19)9-16(27-17)25-12(10-23)8-11-4-2-3-5-13(11)18(20,21)22/h2-7,9,12,25H,8,10,23H2,1H3/t12-/m0/s1. The lowest BCUT2D eigenvalue weighted by Gasteiger charge is -2.19. The Morgan fingerprint density at radius 3 is 2.67 bits per heavy atom. The van der Waals surface area contributed by atoms with E-state index in [1.54, 1.807) is 16.9 Å². The fraction of sp³-hybridized carbons (Fsp3) is 0.278. The van der Waals surface area contributed by atoms with Crippen LogP contribution in [0, 0.1) is 0 Å². The van der Waals surface area contributed by atoms with Crippen LogP contribution in [0.5, 0.6) is 0 Å². The minimum Gasteiger partial charge on any atom is -0.373 e. The number of halogens is 4. The van der Waals surface area contributed by atoms with Gasteiger partial charge in [-0.15, -0.1) is 11.3 Å². The maximum absolute atomic E-state index is 13.2. The first kappa shape index (κ1) is 19.9. The molecule has 0 aliphatic carbocycles. The number of thiophene rings is 1. The first-order chi connectivity index (χ1) is 12.8. The van der Waals surface area contributed by atoms with Crippen LogP contribution in [0.1, 0.15) is 11.1 Å². The van der Waals surface area contributed by atoms with Gasteiger partial charge in [0, 0.05) is 30.3 Å². The second kappa shape index (κ2) is 8.04. The number of alkyl halides is 3. The summed E-state index contributed by atoms with van der Waals surface area (Å²) in [6.45, 7) is 0.211. The van der Waals surface area contributed by atoms with Gasteiger partial charge in [0.05, 0.1) is 21.1 Å². The van der Waals surface area contributed by atoms with Gasteiger partial charge >= 0.3 is 6.18 Å². The zero-order chi connectivity index (χ0) is 19.6. The van der Waals surface area contributed by atoms with Crippen molar-refractivity contribution in [2.45, 2.75) is 18.6 Å². The summed E-state index contributed by atoms with van der Waals surface area (Å²) in [4.78, 5) is 0.990. The normalized spacial score (nSPS) is 13.0. The molecule has 9 heteroatoms. The van der Waals surface area contributed by atoms with E-state index in [0.717, 1.165) is 26.1 Å². The fourth-order valence-electron chi connectivity index (χ4n) is 2.85. The SMILES string of the molecule is Cn1nccc1-c1sc(N[C@H](CN)Cc2ccccc2C(F)(F)F)cc1Br. The number of hydrogen-bond donors (Lipinski definition) is 2. The number of hydrogen-bond acceptors (Lipinski definition) is 4. The monoisotopic (exact) mass is 458 g/mol. The Hall–Kier alpha value is -1.84. The van der Waals surface area contributed by atoms with Gasteiger partial charge in [-0.05, 0) is 46.1 Å². The molecule has 0 aliphatic rings. The summed E-state index contributed by atoms with van der Waals surface area (Å²) in [5, 5.41) is 8.26. The summed E-state index contributed by atoms with van der Waals surface area (Å²) in [6, 6.07) is 9.10. The van der Waals surface area contributed by atoms with Crippen molar-refractivity contribution in [3.05, 3.63) is 58.2 Å². The van der Waals surface area contributed by atoms with E-state index in [1.807, 2.05) is 19.2 Å². The zero-order valence-electron chi connectivity index (χ0n) is 14.4. The van der Waals surface area contributed by atoms with Crippen LogP contribution in [0.2, 0.25) is 0 Å². The highest BCUT2D eigenvalue weighted by Gasteiger charge is 2.33. The molecule has 3 rings (SSSR count). The third-order valence-electron chi connectivity index (χ3n) is 4.16. The summed E-state index contributed by atoms with van der Waals surface area (Å²) < 4.78 is 42.3. The Bertz CT molecular complexity index is 919. The molecule has 1 aromatic carbocycles. The molecular formula is C18H18BrF3N4S. The average Bonchev–Trinajstić information content (AvgIpc) is 3.18. The fourth-order valence-corrected chi connectivity index (χ4v) is 4.76. The van der Waals surface area contributed by atoms with Gasteiger partial charge in [0.1, 0.15) is 0 Å². The highest BCUT2D eigenvalue weighted by atomic mass is 79.9. The largest absolute Gasteiger partial charge is 0.416 e. The van der Waals surface area contributed by atoms with E-state index < -0.39 is 11.7 Å². The zero-order valence-corrected chi connectivity index (χ0v) is 16.8. The molecule has 2 aromatic heterocycles. The van der Waals surface area contributed by atoms with Crippen molar-refractivity contribution in [2.75, 3.05) is 11.9 Å². The molecule has 0 fully saturated rings. The Morgan fingerprint density at radius 2 is 2.04 bits per heavy atom. The van der Waals surface area contributed by atoms with E-state index in [2.05, 4.69) is 26.3 Å². The van der Waals surface area contributed by atoms with Crippen molar-refractivity contribution in [1.29, 1.82) is 0 Å². The number of nitrogens with one attached hydrogen (secondary N) is 1. The first-order valence-electron chi connectivity index (χ1n) is 8.19. The molecule has 0 radical (unpaired) electrons. The Balaban J connectivity index is 1.80. The van der Waals surface area contributed by atoms with Crippen molar-refractivity contribution >= 4 is 32.3 Å². The molecule has 0 aliphatic heterocycles. The smallest absolute Gasteiger partial charge is 0.373 e. The molecule has 0 unspecified atom stereocenters. The van der Waals surface area contributed by atoms with Crippen molar-refractivity contribution in [3.63, 3.8) is 0 Å². The summed E-state index contributed by atoms with van der Waals surface area (Å²) in [7, 11) is 1.85. The number of rotatable bonds is 6. The highest BCUT2D eigenvalue weighted by Crippen LogP contribution is 2.39. The van der Waals surface area contributed by atoms with Gasteiger partial charge in [-0.25, -0.2) is 0 Å². The Labute approximate surface area is 167 Å². The van der Waals surface area contributed by atoms with E-state index in [9.17, 15) is 13.2 Å². The van der Waals surface area contributed by atoms with Crippen LogP contribution in [0.15, 0.2) is 47.1 Å². The van der Waals surface area contributed by atoms with Crippen LogP contribution in [-0.2, 0) is 19.6 Å². The van der Waals surface area contributed by atoms with E-state index >= 15 is 0 Å². The summed E-state index contributed by atoms with van der Waals surface area (Å²) in [5.41, 5.74) is 6.39. The maximum Gasteiger partial charge on any atom is 0.416 e. The molecule has 27 heavy (non-hydrogen) atoms. The van der Waals surface area contributed by atoms with Crippen molar-refractivity contribution in [2.24, 2.45) is 12.8 Å². The van der Waals surface area contributed by atoms with Gasteiger partial charge in [-0.3, -0.25) is 4.68 Å². The van der Waals surface area contributed by atoms with Gasteiger partial charge in [0.2, 0.25) is 0 Å². The van der Waals surface area contributed by atoms with Crippen LogP contribution < -0.4 is 11.1 Å². The molecular weight excluding hydrogens is 441 g/mol. The lowest BCUT2D eigenvalue weighted by atomic mass is 10.00. The number of aryl methyl sites for hydroxylation is 1. The van der Waals surface area contributed by atoms with Crippen LogP contribution in [0.3, 0.4) is 0 Å². The van der Waals surface area contributed by atoms with Gasteiger partial charge in [0.15, 0.2) is 0 Å². The van der Waals surface area contributed by atoms with Crippen molar-refractivity contribution in [1.82, 2.24) is 9.78 Å². The van der Waals surface area contributed by atoms with Crippen LogP contribution >= 0.6 is 27.3 Å². The van der Waals surface area contributed by atoms with E-state index in [-0.39, 0.29) is 24.6 Å². The highest BCUT2D eigenvalue weighted by molar-refractivity contribution is 9.10. The predicted molar refractivity (Wildman–Crippen MR) is 106 cm³/mol. The molecule has 4 nitrogen and oxygen atoms in total. The maximum atomic E-state index is 13.2. The molecule has 1 atom stereocenters. The third kappa shape index (κ3) is 4.53. The summed E-state index contributed by atoms with van der Waals surface area (Å²) in [6.07, 6.45) is -2.48. The number of anilines is 1. The molecule has 3 aromatic rings. The molecule has 0 saturated heterocycles. The lowest BCUT2D eigenvalue weighted by molar-refractivity contribution is -0.138. The average molecular weight is 459 g/mol. The van der Waals surface area contributed by atoms with Crippen molar-refractivity contribution < 1.29 is 13.2 Å². The summed E-state index contributed by atoms with van der Waals surface area (Å²) in [5.74, 6) is 0. The molecule has 0 bridgehead atoms. The van der Waals surface area contributed by atoms with Gasteiger partial charge in [-0.2, -0.15) is 18.3 Å². The minimum absolute atomic E-state index is 0.183. The predicted octanol–water partition coefficient (Wildman–Crippen LogP) is 4.91. The quantitative estimate of drug-likeness (QED) is 0.551. The number of aromatic nitrogens is 2. The van der Waals surface area contributed by atoms with E-state index in [4.69, 9.17) is 5.73 Å². The molecule has 144 valence electrons. The Morgan fingerprint density at radius 1 is 1.30 bits per heavy atom. The van der Waals surface area contributed by atoms with Gasteiger partial charge in [-0.1, -0.05) is 18.2 Å². The second-order valence-electron chi connectivity index (χ2n) is 6.06. The van der Waals surface area contributed by atoms with E-state index in [1.165, 1.54) is 23.5 Å². The molecule has 0 amide bonds. The topological polar surface area (TPSA) is 55.9 Å². The van der Waals surface area contributed by atoms with E-state index in [0.29, 0.717) is 0 Å². The third-order valence-corrected chi connectivity index (χ3v) is 6.14. The molecule has 3 N–H and O–H groups in total. The summed E-state index contributed by atoms with van der Waals surface area (Å²) >= 11 is 5.04.